The molecule has 0 amide bonds. The molecule has 2 aromatic carbocycles. The number of hydrogen-bond donors (Lipinski definition) is 3. The second-order valence-corrected chi connectivity index (χ2v) is 17.4. The largest absolute Gasteiger partial charge is 0.487 e. The van der Waals surface area contributed by atoms with Gasteiger partial charge in [-0.3, -0.25) is 9.59 Å². The number of thiophene rings is 1. The van der Waals surface area contributed by atoms with Crippen LogP contribution in [0.3, 0.4) is 0 Å². The molecule has 0 saturated heterocycles. The van der Waals surface area contributed by atoms with Crippen molar-refractivity contribution in [1.29, 1.82) is 0 Å². The van der Waals surface area contributed by atoms with Gasteiger partial charge in [0, 0.05) is 63.3 Å². The van der Waals surface area contributed by atoms with E-state index in [0.717, 1.165) is 60.5 Å². The summed E-state index contributed by atoms with van der Waals surface area (Å²) in [6.45, 7) is 24.7. The molecule has 0 aliphatic carbocycles. The maximum absolute atomic E-state index is 15.3. The van der Waals surface area contributed by atoms with E-state index in [1.54, 1.807) is 24.3 Å². The molecule has 4 heterocycles. The first-order chi connectivity index (χ1) is 27.1. The number of rotatable bonds is 14. The topological polar surface area (TPSA) is 90.2 Å². The molecule has 1 aliphatic rings. The van der Waals surface area contributed by atoms with Crippen LogP contribution in [0, 0.1) is 25.7 Å². The maximum atomic E-state index is 15.3. The van der Waals surface area contributed by atoms with Crippen LogP contribution in [0.2, 0.25) is 0 Å². The number of nitrogens with one attached hydrogen (secondary N) is 3. The summed E-state index contributed by atoms with van der Waals surface area (Å²) >= 11 is 8.46. The van der Waals surface area contributed by atoms with Crippen molar-refractivity contribution in [3.05, 3.63) is 99.5 Å². The molecule has 0 radical (unpaired) electrons. The molecule has 3 aromatic heterocycles. The predicted molar refractivity (Wildman–Crippen MR) is 241 cm³/mol. The summed E-state index contributed by atoms with van der Waals surface area (Å²) in [5, 5.41) is 7.81. The molecule has 57 heavy (non-hydrogen) atoms. The van der Waals surface area contributed by atoms with Crippen molar-refractivity contribution in [2.45, 2.75) is 111 Å². The van der Waals surface area contributed by atoms with E-state index in [-0.39, 0.29) is 17.5 Å². The van der Waals surface area contributed by atoms with E-state index in [0.29, 0.717) is 43.1 Å². The van der Waals surface area contributed by atoms with Gasteiger partial charge in [-0.25, -0.2) is 0 Å². The van der Waals surface area contributed by atoms with Crippen molar-refractivity contribution in [2.24, 2.45) is 0 Å². The molecule has 9 heteroatoms. The quantitative estimate of drug-likeness (QED) is 0.0450. The number of ketones is 2. The fourth-order valence-electron chi connectivity index (χ4n) is 8.53. The first-order valence-corrected chi connectivity index (χ1v) is 21.3. The normalized spacial score (nSPS) is 15.4. The third-order valence-corrected chi connectivity index (χ3v) is 13.1. The van der Waals surface area contributed by atoms with Gasteiger partial charge in [0.05, 0.1) is 16.1 Å². The lowest BCUT2D eigenvalue weighted by Gasteiger charge is -2.42. The number of allylic oxidation sites excluding steroid dienone is 1. The number of alkyl halides is 1. The number of aryl methyl sites for hydroxylation is 2. The Morgan fingerprint density at radius 3 is 2.40 bits per heavy atom. The molecular formula is C48H55ClN4O3S. The summed E-state index contributed by atoms with van der Waals surface area (Å²) in [6.07, 6.45) is 5.35. The lowest BCUT2D eigenvalue weighted by molar-refractivity contribution is 0.0888. The number of benzene rings is 2. The van der Waals surface area contributed by atoms with E-state index in [9.17, 15) is 4.79 Å². The Bertz CT molecular complexity index is 2510. The Balaban J connectivity index is 1.40. The number of aromatic amines is 2. The van der Waals surface area contributed by atoms with Gasteiger partial charge in [0.25, 0.3) is 0 Å². The summed E-state index contributed by atoms with van der Waals surface area (Å²) in [6, 6.07) is 11.9. The average molecular weight is 804 g/mol. The molecule has 0 saturated carbocycles. The van der Waals surface area contributed by atoms with Crippen LogP contribution in [0.4, 0.5) is 11.4 Å². The van der Waals surface area contributed by atoms with Crippen molar-refractivity contribution in [1.82, 2.24) is 9.97 Å². The Hall–Kier alpha value is -4.93. The van der Waals surface area contributed by atoms with Gasteiger partial charge in [-0.05, 0) is 132 Å². The molecule has 0 spiro atoms. The highest BCUT2D eigenvalue weighted by Gasteiger charge is 2.50. The number of nitrogens with zero attached hydrogens (tertiary/aromatic N) is 1. The van der Waals surface area contributed by atoms with Gasteiger partial charge < -0.3 is 24.9 Å². The van der Waals surface area contributed by atoms with Crippen molar-refractivity contribution >= 4 is 72.9 Å². The van der Waals surface area contributed by atoms with E-state index in [1.165, 1.54) is 5.56 Å². The highest BCUT2D eigenvalue weighted by molar-refractivity contribution is 7.17. The second kappa shape index (κ2) is 16.1. The number of anilines is 2. The minimum Gasteiger partial charge on any atom is -0.487 e. The zero-order chi connectivity index (χ0) is 41.4. The van der Waals surface area contributed by atoms with E-state index in [1.807, 2.05) is 71.0 Å². The fourth-order valence-corrected chi connectivity index (χ4v) is 9.80. The minimum atomic E-state index is -1.10. The van der Waals surface area contributed by atoms with Gasteiger partial charge in [0.2, 0.25) is 11.6 Å². The number of ether oxygens (including phenoxy) is 1. The standard InChI is InChI=1S/C48H55ClN4O3S/c1-12-17-18-19-32-23-37(50-31(32)8)44(54)47(14-3,15-4)52-35-20-21-36-33(22-35)24-38(51-36)45(55)48(16-5,30(7)13-2)53-27-34(26-49)42-39(53)25-40(56-46(9,10)11)43-41(42)29(6)28-57-43/h18-25,28,34,50-52H,2,14-16,26-27H2,1,3-11H3. The molecule has 6 rings (SSSR count). The van der Waals surface area contributed by atoms with Crippen molar-refractivity contribution < 1.29 is 14.3 Å². The van der Waals surface area contributed by atoms with Crippen LogP contribution < -0.4 is 15.0 Å². The predicted octanol–water partition coefficient (Wildman–Crippen LogP) is 12.3. The Kier molecular flexibility index (Phi) is 11.8. The molecule has 5 aromatic rings. The third-order valence-electron chi connectivity index (χ3n) is 11.6. The summed E-state index contributed by atoms with van der Waals surface area (Å²) in [4.78, 5) is 38.5. The SMILES string of the molecule is C=C=C(C)C(CC)(C(=O)c1cc2cc(NC(CC)(CC)C(=O)c3cc(C=CC#CC)c(C)[nH]3)ccc2[nH]1)N1CC(CCl)c2c1cc(OC(C)(C)C)c1scc(C)c21. The number of carbonyl (C=O) groups is 2. The highest BCUT2D eigenvalue weighted by atomic mass is 35.5. The lowest BCUT2D eigenvalue weighted by atomic mass is 9.80. The van der Waals surface area contributed by atoms with Crippen LogP contribution >= 0.6 is 22.9 Å². The number of Topliss-reactive ketones (excluding diaryl/α,β-unsaturated/α-hetero) is 2. The molecular weight excluding hydrogens is 748 g/mol. The van der Waals surface area contributed by atoms with Crippen molar-refractivity contribution in [2.75, 3.05) is 22.6 Å². The first kappa shape index (κ1) is 41.7. The molecule has 298 valence electrons. The summed E-state index contributed by atoms with van der Waals surface area (Å²) in [5.74, 6) is 6.95. The molecule has 0 fully saturated rings. The van der Waals surface area contributed by atoms with Crippen LogP contribution in [-0.4, -0.2) is 50.6 Å². The van der Waals surface area contributed by atoms with Crippen LogP contribution in [0.15, 0.2) is 65.7 Å². The van der Waals surface area contributed by atoms with E-state index in [2.05, 4.69) is 83.5 Å². The summed E-state index contributed by atoms with van der Waals surface area (Å²) in [7, 11) is 0. The number of halogens is 1. The fraction of sp³-hybridized carbons (Fsp3) is 0.396. The molecule has 7 nitrogen and oxygen atoms in total. The van der Waals surface area contributed by atoms with Gasteiger partial charge >= 0.3 is 0 Å². The highest BCUT2D eigenvalue weighted by Crippen LogP contribution is 2.53. The lowest BCUT2D eigenvalue weighted by Crippen LogP contribution is -2.55. The van der Waals surface area contributed by atoms with Gasteiger partial charge in [-0.2, -0.15) is 0 Å². The van der Waals surface area contributed by atoms with Crippen molar-refractivity contribution in [3.8, 4) is 17.6 Å². The number of fused-ring (bicyclic) bond motifs is 4. The maximum Gasteiger partial charge on any atom is 0.209 e. The van der Waals surface area contributed by atoms with E-state index in [4.69, 9.17) is 16.3 Å². The van der Waals surface area contributed by atoms with Crippen LogP contribution in [0.1, 0.15) is 124 Å². The molecule has 2 atom stereocenters. The molecule has 1 aliphatic heterocycles. The Labute approximate surface area is 346 Å². The average Bonchev–Trinajstić information content (AvgIpc) is 3.97. The smallest absolute Gasteiger partial charge is 0.209 e. The van der Waals surface area contributed by atoms with E-state index < -0.39 is 16.7 Å². The minimum absolute atomic E-state index is 0.00209. The van der Waals surface area contributed by atoms with Crippen LogP contribution in [-0.2, 0) is 0 Å². The first-order valence-electron chi connectivity index (χ1n) is 19.8. The number of carbonyl (C=O) groups excluding carboxylic acids is 2. The Morgan fingerprint density at radius 2 is 1.77 bits per heavy atom. The van der Waals surface area contributed by atoms with Gasteiger partial charge in [-0.1, -0.05) is 33.3 Å². The monoisotopic (exact) mass is 802 g/mol. The van der Waals surface area contributed by atoms with Gasteiger partial charge in [0.15, 0.2) is 0 Å². The summed E-state index contributed by atoms with van der Waals surface area (Å²) < 4.78 is 7.70. The molecule has 3 N–H and O–H groups in total. The molecule has 2 unspecified atom stereocenters. The van der Waals surface area contributed by atoms with Crippen LogP contribution in [0.25, 0.3) is 27.1 Å². The van der Waals surface area contributed by atoms with E-state index >= 15 is 4.79 Å². The Morgan fingerprint density at radius 1 is 1.05 bits per heavy atom. The number of hydrogen-bond acceptors (Lipinski definition) is 6. The third kappa shape index (κ3) is 7.38. The number of H-pyrrole nitrogens is 2. The van der Waals surface area contributed by atoms with Crippen molar-refractivity contribution in [3.63, 3.8) is 0 Å². The zero-order valence-electron chi connectivity index (χ0n) is 35.0. The number of aromatic nitrogens is 2. The molecule has 0 bridgehead atoms. The summed E-state index contributed by atoms with van der Waals surface area (Å²) in [5.41, 5.74) is 9.29. The zero-order valence-corrected chi connectivity index (χ0v) is 36.5. The van der Waals surface area contributed by atoms with Gasteiger partial charge in [0.1, 0.15) is 22.4 Å². The van der Waals surface area contributed by atoms with Crippen LogP contribution in [0.5, 0.6) is 5.75 Å². The second-order valence-electron chi connectivity index (χ2n) is 16.2. The van der Waals surface area contributed by atoms with Gasteiger partial charge in [-0.15, -0.1) is 34.6 Å².